The van der Waals surface area contributed by atoms with Crippen LogP contribution in [0.5, 0.6) is 0 Å². The van der Waals surface area contributed by atoms with Crippen LogP contribution in [0.3, 0.4) is 0 Å². The Balaban J connectivity index is 0. The van der Waals surface area contributed by atoms with Crippen LogP contribution < -0.4 is 11.5 Å². The minimum atomic E-state index is -2.49. The van der Waals surface area contributed by atoms with Crippen LogP contribution in [0.15, 0.2) is 67.4 Å². The van der Waals surface area contributed by atoms with E-state index in [4.69, 9.17) is 21.1 Å². The number of hydrogen-bond acceptors (Lipinski definition) is 9. The molecule has 2 aromatic heterocycles. The number of rotatable bonds is 10. The minimum Gasteiger partial charge on any atom is -0.453 e. The van der Waals surface area contributed by atoms with Crippen molar-refractivity contribution in [3.05, 3.63) is 72.5 Å². The number of amides is 4. The summed E-state index contributed by atoms with van der Waals surface area (Å²) >= 11 is 6.07. The SMILES string of the molecule is C#C.C#C.C#C.CC(C)CCN(C)C(=O)CC1CCOCC1.CC1[C@H](C)CCN1C(=O)CC1CCC(F)(F)CC1.COC.COC(N)=O.Clc1[nH]cnc1-c1ccc(-c2ccc(-c3cnc[nH]3)cc2)cc1.NC=O. The van der Waals surface area contributed by atoms with Gasteiger partial charge in [0.15, 0.2) is 0 Å². The second-order valence-corrected chi connectivity index (χ2v) is 18.0. The zero-order valence-corrected chi connectivity index (χ0v) is 45.4. The summed E-state index contributed by atoms with van der Waals surface area (Å²) in [7, 11) is 6.40. The Labute approximate surface area is 444 Å². The van der Waals surface area contributed by atoms with Gasteiger partial charge in [-0.05, 0) is 85.8 Å². The molecule has 2 aromatic carbocycles. The van der Waals surface area contributed by atoms with E-state index in [0.29, 0.717) is 60.5 Å². The Kier molecular flexibility index (Phi) is 38.2. The zero-order chi connectivity index (χ0) is 56.6. The lowest BCUT2D eigenvalue weighted by Crippen LogP contribution is -2.37. The van der Waals surface area contributed by atoms with E-state index in [1.54, 1.807) is 26.9 Å². The van der Waals surface area contributed by atoms with Crippen LogP contribution >= 0.6 is 11.6 Å². The second-order valence-electron chi connectivity index (χ2n) is 17.6. The standard InChI is InChI=1S/C18H13ClN4.C14H23F2NO.C13H25NO2.C2H5NO2.C2H6O.3C2H2.CH3NO/c19-18-17(22-11-23-18)15-7-3-13(4-8-15)12-1-5-14(6-2-12)16-9-20-10-21-16;1-10-5-8-17(11(10)2)13(18)9-12-3-6-14(15,16)7-4-12;1-11(2)4-7-14(3)13(15)10-12-5-8-16-9-6-12;1-5-2(3)4;1-3-2;3*1-2;2-1-3/h1-11H,(H,20,21)(H,22,23);10-12H,3-9H2,1-2H3;11-12H,4-10H2,1-3H3;1H3,(H2,3,4);1-2H3;3*1-2H;1H,(H2,2,3)/t;10-,11?;;;;;;;/m.1......./s1. The summed E-state index contributed by atoms with van der Waals surface area (Å²) in [5.41, 5.74) is 14.8. The number of nitrogens with two attached hydrogens (primary N) is 2. The molecule has 4 amide bonds. The predicted octanol–water partition coefficient (Wildman–Crippen LogP) is 10.4. The van der Waals surface area contributed by atoms with Crippen LogP contribution in [-0.2, 0) is 28.6 Å². The first-order valence-electron chi connectivity index (χ1n) is 24.2. The van der Waals surface area contributed by atoms with Gasteiger partial charge in [0.25, 0.3) is 0 Å². The van der Waals surface area contributed by atoms with Crippen molar-refractivity contribution in [2.45, 2.75) is 104 Å². The Hall–Kier alpha value is -6.71. The summed E-state index contributed by atoms with van der Waals surface area (Å²) in [6.07, 6.45) is 34.9. The van der Waals surface area contributed by atoms with E-state index >= 15 is 0 Å². The number of carbonyl (C=O) groups is 4. The van der Waals surface area contributed by atoms with Crippen molar-refractivity contribution in [1.29, 1.82) is 0 Å². The van der Waals surface area contributed by atoms with Gasteiger partial charge in [-0.1, -0.05) is 80.9 Å². The number of nitrogens with zero attached hydrogens (tertiary/aromatic N) is 4. The van der Waals surface area contributed by atoms with E-state index in [0.717, 1.165) is 85.6 Å². The molecule has 0 bridgehead atoms. The molecule has 4 aromatic rings. The van der Waals surface area contributed by atoms with Crippen LogP contribution in [0.4, 0.5) is 13.6 Å². The summed E-state index contributed by atoms with van der Waals surface area (Å²) in [4.78, 5) is 60.1. The number of halogens is 3. The highest BCUT2D eigenvalue weighted by molar-refractivity contribution is 6.31. The van der Waals surface area contributed by atoms with Crippen molar-refractivity contribution in [3.8, 4) is 72.2 Å². The van der Waals surface area contributed by atoms with Crippen LogP contribution in [0.25, 0.3) is 33.6 Å². The number of aromatic amines is 2. The summed E-state index contributed by atoms with van der Waals surface area (Å²) in [5, 5.41) is 0.557. The van der Waals surface area contributed by atoms with Gasteiger partial charge in [0, 0.05) is 84.9 Å². The molecular formula is C56H81ClF2N8O7. The van der Waals surface area contributed by atoms with E-state index in [-0.39, 0.29) is 31.1 Å². The van der Waals surface area contributed by atoms with Gasteiger partial charge < -0.3 is 45.4 Å². The molecule has 3 fully saturated rings. The average Bonchev–Trinajstić information content (AvgIpc) is 4.19. The molecule has 7 rings (SSSR count). The number of primary amides is 2. The lowest BCUT2D eigenvalue weighted by atomic mass is 9.84. The molecule has 0 radical (unpaired) electrons. The summed E-state index contributed by atoms with van der Waals surface area (Å²) in [5.74, 6) is -0.0878. The summed E-state index contributed by atoms with van der Waals surface area (Å²) in [6, 6.07) is 16.9. The summed E-state index contributed by atoms with van der Waals surface area (Å²) < 4.78 is 39.5. The fourth-order valence-corrected chi connectivity index (χ4v) is 7.81. The van der Waals surface area contributed by atoms with Crippen LogP contribution in [0, 0.1) is 62.2 Å². The molecule has 6 N–H and O–H groups in total. The van der Waals surface area contributed by atoms with Crippen LogP contribution in [0.2, 0.25) is 5.15 Å². The maximum absolute atomic E-state index is 13.0. The maximum Gasteiger partial charge on any atom is 0.404 e. The number of likely N-dealkylation sites (tertiary alicyclic amines) is 1. The number of methoxy groups -OCH3 is 2. The largest absolute Gasteiger partial charge is 0.453 e. The summed E-state index contributed by atoms with van der Waals surface area (Å²) in [6.45, 7) is 12.0. The number of hydrogen-bond donors (Lipinski definition) is 4. The molecule has 2 aliphatic heterocycles. The Bertz CT molecular complexity index is 2130. The molecule has 1 saturated carbocycles. The van der Waals surface area contributed by atoms with Crippen molar-refractivity contribution >= 4 is 35.9 Å². The molecular weight excluding hydrogens is 970 g/mol. The fourth-order valence-electron chi connectivity index (χ4n) is 7.60. The van der Waals surface area contributed by atoms with Gasteiger partial charge in [0.05, 0.1) is 31.7 Å². The highest BCUT2D eigenvalue weighted by Crippen LogP contribution is 2.38. The molecule has 3 aliphatic rings. The van der Waals surface area contributed by atoms with E-state index < -0.39 is 12.0 Å². The third-order valence-corrected chi connectivity index (χ3v) is 12.3. The topological polar surface area (TPSA) is 212 Å². The number of terminal acetylenes is 3. The molecule has 1 unspecified atom stereocenters. The Morgan fingerprint density at radius 1 is 0.851 bits per heavy atom. The maximum atomic E-state index is 13.0. The first-order chi connectivity index (χ1) is 35.4. The van der Waals surface area contributed by atoms with Gasteiger partial charge >= 0.3 is 6.09 Å². The number of benzene rings is 2. The van der Waals surface area contributed by atoms with Crippen molar-refractivity contribution in [3.63, 3.8) is 0 Å². The second kappa shape index (κ2) is 40.7. The van der Waals surface area contributed by atoms with Gasteiger partial charge in [0.1, 0.15) is 10.8 Å². The number of carbonyl (C=O) groups excluding carboxylic acids is 4. The number of nitrogens with one attached hydrogen (secondary N) is 2. The lowest BCUT2D eigenvalue weighted by molar-refractivity contribution is -0.134. The smallest absolute Gasteiger partial charge is 0.404 e. The van der Waals surface area contributed by atoms with Crippen molar-refractivity contribution in [1.82, 2.24) is 29.7 Å². The highest BCUT2D eigenvalue weighted by atomic mass is 35.5. The third-order valence-electron chi connectivity index (χ3n) is 12.0. The van der Waals surface area contributed by atoms with Gasteiger partial charge in [-0.2, -0.15) is 0 Å². The molecule has 0 spiro atoms. The van der Waals surface area contributed by atoms with E-state index in [9.17, 15) is 23.2 Å². The predicted molar refractivity (Wildman–Crippen MR) is 293 cm³/mol. The number of alkyl halides is 2. The first-order valence-corrected chi connectivity index (χ1v) is 24.5. The van der Waals surface area contributed by atoms with Crippen molar-refractivity contribution in [2.24, 2.45) is 35.1 Å². The first kappa shape index (κ1) is 69.4. The molecule has 15 nitrogen and oxygen atoms in total. The van der Waals surface area contributed by atoms with Crippen LogP contribution in [0.1, 0.15) is 91.9 Å². The normalized spacial score (nSPS) is 16.1. The van der Waals surface area contributed by atoms with E-state index in [2.05, 4.69) is 144 Å². The molecule has 2 saturated heterocycles. The van der Waals surface area contributed by atoms with Gasteiger partial charge in [-0.25, -0.2) is 23.5 Å². The molecule has 408 valence electrons. The lowest BCUT2D eigenvalue weighted by Gasteiger charge is -2.30. The Morgan fingerprint density at radius 3 is 1.73 bits per heavy atom. The van der Waals surface area contributed by atoms with Gasteiger partial charge in [-0.3, -0.25) is 14.4 Å². The number of aromatic nitrogens is 4. The van der Waals surface area contributed by atoms with E-state index in [1.165, 1.54) is 7.11 Å². The molecule has 18 heteroatoms. The molecule has 74 heavy (non-hydrogen) atoms. The molecule has 1 aliphatic carbocycles. The average molecular weight is 1050 g/mol. The number of imidazole rings is 2. The highest BCUT2D eigenvalue weighted by Gasteiger charge is 2.37. The number of H-pyrrole nitrogens is 2. The fraction of sp³-hybridized carbons (Fsp3) is 0.500. The van der Waals surface area contributed by atoms with Crippen molar-refractivity contribution in [2.75, 3.05) is 54.7 Å². The van der Waals surface area contributed by atoms with Gasteiger partial charge in [-0.15, -0.1) is 38.5 Å². The van der Waals surface area contributed by atoms with Crippen molar-refractivity contribution < 1.29 is 42.2 Å². The number of ether oxygens (including phenoxy) is 3. The minimum absolute atomic E-state index is 0.0447. The quantitative estimate of drug-likeness (QED) is 0.0878. The van der Waals surface area contributed by atoms with Crippen LogP contribution in [-0.4, -0.2) is 121 Å². The Morgan fingerprint density at radius 2 is 1.32 bits per heavy atom. The molecule has 4 heterocycles. The third kappa shape index (κ3) is 27.9. The zero-order valence-electron chi connectivity index (χ0n) is 44.6. The monoisotopic (exact) mass is 1050 g/mol. The van der Waals surface area contributed by atoms with E-state index in [1.807, 2.05) is 35.2 Å². The van der Waals surface area contributed by atoms with Gasteiger partial charge in [0.2, 0.25) is 24.1 Å². The molecule has 2 atom stereocenters.